The average molecular weight is 475 g/mol. The van der Waals surface area contributed by atoms with Gasteiger partial charge in [-0.3, -0.25) is 9.36 Å². The van der Waals surface area contributed by atoms with Gasteiger partial charge in [-0.2, -0.15) is 0 Å². The molecule has 1 amide bonds. The molecular weight excluding hydrogens is 448 g/mol. The summed E-state index contributed by atoms with van der Waals surface area (Å²) >= 11 is 7.71. The summed E-state index contributed by atoms with van der Waals surface area (Å²) in [5.41, 5.74) is 1.78. The van der Waals surface area contributed by atoms with Crippen molar-refractivity contribution in [2.45, 2.75) is 44.7 Å². The second-order valence-electron chi connectivity index (χ2n) is 7.02. The Bertz CT molecular complexity index is 1060. The lowest BCUT2D eigenvalue weighted by atomic mass is 10.2. The van der Waals surface area contributed by atoms with Crippen molar-refractivity contribution < 1.29 is 14.3 Å². The number of carbonyl (C=O) groups excluding carboxylic acids is 1. The third-order valence-electron chi connectivity index (χ3n) is 4.62. The van der Waals surface area contributed by atoms with E-state index in [4.69, 9.17) is 21.1 Å². The van der Waals surface area contributed by atoms with E-state index in [0.717, 1.165) is 17.0 Å². The van der Waals surface area contributed by atoms with Crippen LogP contribution in [0, 0.1) is 6.92 Å². The molecule has 1 N–H and O–H groups in total. The zero-order valence-electron chi connectivity index (χ0n) is 18.6. The molecule has 170 valence electrons. The minimum atomic E-state index is -0.335. The van der Waals surface area contributed by atoms with Crippen LogP contribution < -0.4 is 14.8 Å². The van der Waals surface area contributed by atoms with Crippen molar-refractivity contribution in [3.05, 3.63) is 58.9 Å². The second kappa shape index (κ2) is 11.2. The van der Waals surface area contributed by atoms with Crippen LogP contribution in [0.4, 0.5) is 0 Å². The van der Waals surface area contributed by atoms with Gasteiger partial charge in [0.25, 0.3) is 0 Å². The molecule has 0 fully saturated rings. The minimum absolute atomic E-state index is 0.0545. The lowest BCUT2D eigenvalue weighted by Crippen LogP contribution is -2.30. The Morgan fingerprint density at radius 1 is 1.12 bits per heavy atom. The zero-order chi connectivity index (χ0) is 23.1. The molecule has 0 saturated heterocycles. The molecule has 1 atom stereocenters. The van der Waals surface area contributed by atoms with Gasteiger partial charge in [-0.05, 0) is 69.7 Å². The third kappa shape index (κ3) is 5.95. The van der Waals surface area contributed by atoms with Gasteiger partial charge in [0.15, 0.2) is 11.0 Å². The van der Waals surface area contributed by atoms with Crippen molar-refractivity contribution in [3.63, 3.8) is 0 Å². The van der Waals surface area contributed by atoms with Gasteiger partial charge in [0.05, 0.1) is 17.5 Å². The van der Waals surface area contributed by atoms with Crippen molar-refractivity contribution in [2.75, 3.05) is 13.2 Å². The van der Waals surface area contributed by atoms with E-state index in [2.05, 4.69) is 15.5 Å². The van der Waals surface area contributed by atoms with E-state index in [9.17, 15) is 4.79 Å². The molecule has 3 rings (SSSR count). The average Bonchev–Trinajstić information content (AvgIpc) is 3.18. The summed E-state index contributed by atoms with van der Waals surface area (Å²) in [6.07, 6.45) is 0. The molecule has 0 radical (unpaired) electrons. The van der Waals surface area contributed by atoms with Crippen LogP contribution in [0.1, 0.15) is 32.2 Å². The predicted molar refractivity (Wildman–Crippen MR) is 127 cm³/mol. The summed E-state index contributed by atoms with van der Waals surface area (Å²) in [4.78, 5) is 12.2. The molecule has 9 heteroatoms. The first-order chi connectivity index (χ1) is 15.4. The van der Waals surface area contributed by atoms with Crippen LogP contribution >= 0.6 is 23.4 Å². The molecule has 0 saturated carbocycles. The van der Waals surface area contributed by atoms with Crippen LogP contribution in [-0.4, -0.2) is 39.1 Å². The number of aromatic nitrogens is 3. The summed E-state index contributed by atoms with van der Waals surface area (Å²) in [6.45, 7) is 9.00. The number of aryl methyl sites for hydroxylation is 1. The van der Waals surface area contributed by atoms with Gasteiger partial charge in [-0.1, -0.05) is 29.4 Å². The Kier molecular flexibility index (Phi) is 8.41. The van der Waals surface area contributed by atoms with E-state index < -0.39 is 0 Å². The van der Waals surface area contributed by atoms with E-state index in [1.165, 1.54) is 11.8 Å². The van der Waals surface area contributed by atoms with E-state index in [0.29, 0.717) is 34.9 Å². The Morgan fingerprint density at radius 2 is 1.81 bits per heavy atom. The van der Waals surface area contributed by atoms with Crippen LogP contribution in [0.25, 0.3) is 5.69 Å². The van der Waals surface area contributed by atoms with Gasteiger partial charge in [-0.15, -0.1) is 10.2 Å². The first kappa shape index (κ1) is 23.9. The normalized spacial score (nSPS) is 11.8. The maximum atomic E-state index is 12.2. The van der Waals surface area contributed by atoms with Crippen molar-refractivity contribution >= 4 is 29.3 Å². The molecule has 1 aromatic heterocycles. The molecule has 0 aliphatic carbocycles. The van der Waals surface area contributed by atoms with E-state index >= 15 is 0 Å². The maximum absolute atomic E-state index is 12.2. The number of nitrogens with zero attached hydrogens (tertiary/aromatic N) is 3. The lowest BCUT2D eigenvalue weighted by Gasteiger charge is -2.14. The van der Waals surface area contributed by atoms with Crippen molar-refractivity contribution in [1.29, 1.82) is 0 Å². The molecule has 0 aliphatic heterocycles. The maximum Gasteiger partial charge on any atom is 0.233 e. The first-order valence-electron chi connectivity index (χ1n) is 10.4. The van der Waals surface area contributed by atoms with E-state index in [-0.39, 0.29) is 17.8 Å². The Labute approximate surface area is 197 Å². The number of nitrogens with one attached hydrogen (secondary N) is 1. The molecule has 1 heterocycles. The number of hydrogen-bond acceptors (Lipinski definition) is 6. The fourth-order valence-electron chi connectivity index (χ4n) is 2.93. The number of thioether (sulfide) groups is 1. The first-order valence-corrected chi connectivity index (χ1v) is 11.7. The molecule has 3 aromatic rings. The number of amides is 1. The fourth-order valence-corrected chi connectivity index (χ4v) is 4.01. The van der Waals surface area contributed by atoms with Crippen LogP contribution in [0.5, 0.6) is 11.5 Å². The SMILES string of the molecule is CCNC(=O)C(C)Sc1nnc(COc2ccc(OCC)cc2)n1-c1ccc(C)c(Cl)c1. The summed E-state index contributed by atoms with van der Waals surface area (Å²) in [5, 5.41) is 12.4. The Balaban J connectivity index is 1.87. The van der Waals surface area contributed by atoms with Crippen LogP contribution in [0.2, 0.25) is 5.02 Å². The third-order valence-corrected chi connectivity index (χ3v) is 6.07. The lowest BCUT2D eigenvalue weighted by molar-refractivity contribution is -0.120. The highest BCUT2D eigenvalue weighted by molar-refractivity contribution is 8.00. The molecule has 2 aromatic carbocycles. The van der Waals surface area contributed by atoms with E-state index in [1.807, 2.05) is 74.7 Å². The highest BCUT2D eigenvalue weighted by Crippen LogP contribution is 2.29. The quantitative estimate of drug-likeness (QED) is 0.424. The summed E-state index contributed by atoms with van der Waals surface area (Å²) in [5.74, 6) is 2.02. The monoisotopic (exact) mass is 474 g/mol. The minimum Gasteiger partial charge on any atom is -0.494 e. The molecule has 7 nitrogen and oxygen atoms in total. The number of carbonyl (C=O) groups is 1. The van der Waals surface area contributed by atoms with Crippen molar-refractivity contribution in [1.82, 2.24) is 20.1 Å². The molecular formula is C23H27ClN4O3S. The van der Waals surface area contributed by atoms with Crippen LogP contribution in [0.15, 0.2) is 47.6 Å². The highest BCUT2D eigenvalue weighted by Gasteiger charge is 2.21. The van der Waals surface area contributed by atoms with Crippen LogP contribution in [0.3, 0.4) is 0 Å². The van der Waals surface area contributed by atoms with Gasteiger partial charge >= 0.3 is 0 Å². The largest absolute Gasteiger partial charge is 0.494 e. The topological polar surface area (TPSA) is 78.3 Å². The number of hydrogen-bond donors (Lipinski definition) is 1. The molecule has 0 aliphatic rings. The second-order valence-corrected chi connectivity index (χ2v) is 8.73. The number of benzene rings is 2. The standard InChI is InChI=1S/C23H27ClN4O3S/c1-5-25-22(29)16(4)32-23-27-26-21(28(23)17-8-7-15(3)20(24)13-17)14-31-19-11-9-18(10-12-19)30-6-2/h7-13,16H,5-6,14H2,1-4H3,(H,25,29). The Morgan fingerprint density at radius 3 is 2.44 bits per heavy atom. The van der Waals surface area contributed by atoms with Gasteiger partial charge < -0.3 is 14.8 Å². The fraction of sp³-hybridized carbons (Fsp3) is 0.348. The summed E-state index contributed by atoms with van der Waals surface area (Å²) in [6, 6.07) is 13.2. The number of ether oxygens (including phenoxy) is 2. The molecule has 32 heavy (non-hydrogen) atoms. The number of halogens is 1. The van der Waals surface area contributed by atoms with Gasteiger partial charge in [0.2, 0.25) is 5.91 Å². The predicted octanol–water partition coefficient (Wildman–Crippen LogP) is 4.82. The van der Waals surface area contributed by atoms with Gasteiger partial charge in [0.1, 0.15) is 18.1 Å². The summed E-state index contributed by atoms with van der Waals surface area (Å²) < 4.78 is 13.3. The molecule has 1 unspecified atom stereocenters. The number of rotatable bonds is 10. The molecule has 0 bridgehead atoms. The Hall–Kier alpha value is -2.71. The molecule has 0 spiro atoms. The van der Waals surface area contributed by atoms with Gasteiger partial charge in [-0.25, -0.2) is 0 Å². The van der Waals surface area contributed by atoms with Gasteiger partial charge in [0, 0.05) is 11.6 Å². The highest BCUT2D eigenvalue weighted by atomic mass is 35.5. The van der Waals surface area contributed by atoms with E-state index in [1.54, 1.807) is 0 Å². The zero-order valence-corrected chi connectivity index (χ0v) is 20.2. The van der Waals surface area contributed by atoms with Crippen molar-refractivity contribution in [3.8, 4) is 17.2 Å². The summed E-state index contributed by atoms with van der Waals surface area (Å²) in [7, 11) is 0. The van der Waals surface area contributed by atoms with Crippen LogP contribution in [-0.2, 0) is 11.4 Å². The smallest absolute Gasteiger partial charge is 0.233 e. The van der Waals surface area contributed by atoms with Crippen molar-refractivity contribution in [2.24, 2.45) is 0 Å².